The maximum atomic E-state index is 11.3. The van der Waals surface area contributed by atoms with E-state index >= 15 is 0 Å². The second-order valence-corrected chi connectivity index (χ2v) is 5.45. The smallest absolute Gasteiger partial charge is 0.307 e. The SMILES string of the molecule is CCOC(=O)CC(C)Nc1ccc(Br)cc1Br. The van der Waals surface area contributed by atoms with E-state index in [9.17, 15) is 4.79 Å². The van der Waals surface area contributed by atoms with Crippen LogP contribution >= 0.6 is 31.9 Å². The highest BCUT2D eigenvalue weighted by atomic mass is 79.9. The van der Waals surface area contributed by atoms with Crippen LogP contribution in [0.3, 0.4) is 0 Å². The molecule has 0 aromatic heterocycles. The third kappa shape index (κ3) is 5.08. The molecule has 0 aliphatic heterocycles. The number of benzene rings is 1. The number of ether oxygens (including phenoxy) is 1. The van der Waals surface area contributed by atoms with Crippen LogP contribution in [0.4, 0.5) is 5.69 Å². The number of rotatable bonds is 5. The van der Waals surface area contributed by atoms with Gasteiger partial charge in [0.05, 0.1) is 13.0 Å². The van der Waals surface area contributed by atoms with Crippen molar-refractivity contribution < 1.29 is 9.53 Å². The monoisotopic (exact) mass is 363 g/mol. The number of hydrogen-bond donors (Lipinski definition) is 1. The first-order valence-electron chi connectivity index (χ1n) is 5.40. The Kier molecular flexibility index (Phi) is 5.98. The number of carbonyl (C=O) groups is 1. The third-order valence-electron chi connectivity index (χ3n) is 2.11. The lowest BCUT2D eigenvalue weighted by Crippen LogP contribution is -2.21. The van der Waals surface area contributed by atoms with E-state index in [-0.39, 0.29) is 12.0 Å². The fraction of sp³-hybridized carbons (Fsp3) is 0.417. The van der Waals surface area contributed by atoms with Gasteiger partial charge in [-0.2, -0.15) is 0 Å². The Bertz CT molecular complexity index is 396. The number of hydrogen-bond acceptors (Lipinski definition) is 3. The third-order valence-corrected chi connectivity index (χ3v) is 3.26. The average molecular weight is 365 g/mol. The van der Waals surface area contributed by atoms with Crippen LogP contribution in [-0.4, -0.2) is 18.6 Å². The Balaban J connectivity index is 2.55. The van der Waals surface area contributed by atoms with E-state index in [1.54, 1.807) is 6.92 Å². The summed E-state index contributed by atoms with van der Waals surface area (Å²) >= 11 is 6.86. The molecule has 0 radical (unpaired) electrons. The van der Waals surface area contributed by atoms with Gasteiger partial charge < -0.3 is 10.1 Å². The molecule has 0 fully saturated rings. The standard InChI is InChI=1S/C12H15Br2NO2/c1-3-17-12(16)6-8(2)15-11-5-4-9(13)7-10(11)14/h4-5,7-8,15H,3,6H2,1-2H3. The minimum Gasteiger partial charge on any atom is -0.466 e. The van der Waals surface area contributed by atoms with Crippen LogP contribution in [-0.2, 0) is 9.53 Å². The molecular formula is C12H15Br2NO2. The van der Waals surface area contributed by atoms with Gasteiger partial charge in [-0.05, 0) is 48.0 Å². The Morgan fingerprint density at radius 3 is 2.76 bits per heavy atom. The molecule has 1 atom stereocenters. The summed E-state index contributed by atoms with van der Waals surface area (Å²) in [7, 11) is 0. The predicted octanol–water partition coefficient (Wildman–Crippen LogP) is 3.97. The molecule has 0 aliphatic carbocycles. The predicted molar refractivity (Wildman–Crippen MR) is 76.2 cm³/mol. The maximum absolute atomic E-state index is 11.3. The highest BCUT2D eigenvalue weighted by Gasteiger charge is 2.10. The molecule has 1 aromatic carbocycles. The lowest BCUT2D eigenvalue weighted by atomic mass is 10.2. The second-order valence-electron chi connectivity index (χ2n) is 3.68. The van der Waals surface area contributed by atoms with Crippen molar-refractivity contribution in [1.82, 2.24) is 0 Å². The topological polar surface area (TPSA) is 38.3 Å². The van der Waals surface area contributed by atoms with Crippen LogP contribution in [0, 0.1) is 0 Å². The van der Waals surface area contributed by atoms with Gasteiger partial charge in [0.15, 0.2) is 0 Å². The quantitative estimate of drug-likeness (QED) is 0.803. The first-order valence-corrected chi connectivity index (χ1v) is 6.98. The van der Waals surface area contributed by atoms with Gasteiger partial charge in [-0.25, -0.2) is 0 Å². The molecule has 0 heterocycles. The summed E-state index contributed by atoms with van der Waals surface area (Å²) in [5.74, 6) is -0.180. The molecule has 1 aromatic rings. The number of carbonyl (C=O) groups excluding carboxylic acids is 1. The fourth-order valence-corrected chi connectivity index (χ4v) is 2.55. The molecule has 0 amide bonds. The molecule has 0 saturated heterocycles. The number of halogens is 2. The Labute approximate surface area is 118 Å². The van der Waals surface area contributed by atoms with E-state index in [4.69, 9.17) is 4.74 Å². The molecule has 1 N–H and O–H groups in total. The average Bonchev–Trinajstić information content (AvgIpc) is 2.22. The Morgan fingerprint density at radius 1 is 1.47 bits per heavy atom. The van der Waals surface area contributed by atoms with E-state index in [0.717, 1.165) is 14.6 Å². The molecule has 0 spiro atoms. The van der Waals surface area contributed by atoms with Crippen molar-refractivity contribution in [2.75, 3.05) is 11.9 Å². The molecule has 0 aliphatic rings. The van der Waals surface area contributed by atoms with Crippen LogP contribution in [0.5, 0.6) is 0 Å². The van der Waals surface area contributed by atoms with Gasteiger partial charge >= 0.3 is 5.97 Å². The Morgan fingerprint density at radius 2 is 2.18 bits per heavy atom. The van der Waals surface area contributed by atoms with Crippen molar-refractivity contribution in [1.29, 1.82) is 0 Å². The van der Waals surface area contributed by atoms with Crippen molar-refractivity contribution in [3.8, 4) is 0 Å². The molecule has 0 bridgehead atoms. The van der Waals surface area contributed by atoms with Crippen LogP contribution < -0.4 is 5.32 Å². The molecule has 3 nitrogen and oxygen atoms in total. The summed E-state index contributed by atoms with van der Waals surface area (Å²) in [6, 6.07) is 5.89. The highest BCUT2D eigenvalue weighted by molar-refractivity contribution is 9.11. The zero-order valence-electron chi connectivity index (χ0n) is 9.80. The van der Waals surface area contributed by atoms with Gasteiger partial charge in [0.25, 0.3) is 0 Å². The number of esters is 1. The van der Waals surface area contributed by atoms with E-state index in [0.29, 0.717) is 13.0 Å². The lowest BCUT2D eigenvalue weighted by molar-refractivity contribution is -0.143. The lowest BCUT2D eigenvalue weighted by Gasteiger charge is -2.15. The van der Waals surface area contributed by atoms with E-state index in [1.807, 2.05) is 25.1 Å². The number of anilines is 1. The molecule has 1 unspecified atom stereocenters. The normalized spacial score (nSPS) is 12.0. The van der Waals surface area contributed by atoms with Crippen molar-refractivity contribution in [3.63, 3.8) is 0 Å². The van der Waals surface area contributed by atoms with Gasteiger partial charge in [0.2, 0.25) is 0 Å². The van der Waals surface area contributed by atoms with Crippen LogP contribution in [0.2, 0.25) is 0 Å². The van der Waals surface area contributed by atoms with Crippen molar-refractivity contribution in [2.45, 2.75) is 26.3 Å². The van der Waals surface area contributed by atoms with Crippen LogP contribution in [0.1, 0.15) is 20.3 Å². The summed E-state index contributed by atoms with van der Waals surface area (Å²) in [6.45, 7) is 4.18. The summed E-state index contributed by atoms with van der Waals surface area (Å²) < 4.78 is 6.87. The van der Waals surface area contributed by atoms with Crippen molar-refractivity contribution in [3.05, 3.63) is 27.1 Å². The molecule has 94 valence electrons. The minimum absolute atomic E-state index is 0.0338. The first-order chi connectivity index (χ1) is 8.02. The van der Waals surface area contributed by atoms with Gasteiger partial charge in [-0.3, -0.25) is 4.79 Å². The zero-order valence-corrected chi connectivity index (χ0v) is 13.0. The van der Waals surface area contributed by atoms with Gasteiger partial charge in [0, 0.05) is 20.7 Å². The summed E-state index contributed by atoms with van der Waals surface area (Å²) in [4.78, 5) is 11.3. The summed E-state index contributed by atoms with van der Waals surface area (Å²) in [5, 5.41) is 3.26. The minimum atomic E-state index is -0.180. The largest absolute Gasteiger partial charge is 0.466 e. The summed E-state index contributed by atoms with van der Waals surface area (Å²) in [5.41, 5.74) is 0.963. The van der Waals surface area contributed by atoms with Crippen LogP contribution in [0.15, 0.2) is 27.1 Å². The van der Waals surface area contributed by atoms with E-state index < -0.39 is 0 Å². The molecule has 17 heavy (non-hydrogen) atoms. The molecule has 0 saturated carbocycles. The van der Waals surface area contributed by atoms with Crippen LogP contribution in [0.25, 0.3) is 0 Å². The fourth-order valence-electron chi connectivity index (χ4n) is 1.39. The van der Waals surface area contributed by atoms with Crippen molar-refractivity contribution in [2.24, 2.45) is 0 Å². The molecular weight excluding hydrogens is 350 g/mol. The van der Waals surface area contributed by atoms with Gasteiger partial charge in [-0.1, -0.05) is 15.9 Å². The van der Waals surface area contributed by atoms with Crippen molar-refractivity contribution >= 4 is 43.5 Å². The highest BCUT2D eigenvalue weighted by Crippen LogP contribution is 2.26. The van der Waals surface area contributed by atoms with E-state index in [1.165, 1.54) is 0 Å². The first kappa shape index (κ1) is 14.5. The zero-order chi connectivity index (χ0) is 12.8. The maximum Gasteiger partial charge on any atom is 0.307 e. The Hall–Kier alpha value is -0.550. The van der Waals surface area contributed by atoms with Gasteiger partial charge in [-0.15, -0.1) is 0 Å². The summed E-state index contributed by atoms with van der Waals surface area (Å²) in [6.07, 6.45) is 0.357. The second kappa shape index (κ2) is 7.01. The van der Waals surface area contributed by atoms with Gasteiger partial charge in [0.1, 0.15) is 0 Å². The molecule has 1 rings (SSSR count). The molecule has 5 heteroatoms. The number of nitrogens with one attached hydrogen (secondary N) is 1. The van der Waals surface area contributed by atoms with E-state index in [2.05, 4.69) is 37.2 Å².